The number of nitrogens with one attached hydrogen (secondary N) is 2. The molecule has 0 unspecified atom stereocenters. The third kappa shape index (κ3) is 3.46. The summed E-state index contributed by atoms with van der Waals surface area (Å²) in [4.78, 5) is 0. The minimum atomic E-state index is -0.176. The summed E-state index contributed by atoms with van der Waals surface area (Å²) in [5, 5.41) is 8.60. The molecule has 0 amide bonds. The second-order valence-corrected chi connectivity index (χ2v) is 1.42. The van der Waals surface area contributed by atoms with E-state index < -0.39 is 0 Å². The lowest BCUT2D eigenvalue weighted by atomic mass is 10.4. The molecule has 1 heterocycles. The van der Waals surface area contributed by atoms with Gasteiger partial charge in [-0.05, 0) is 0 Å². The Hall–Kier alpha value is 0.460. The normalized spacial score (nSPS) is 19.1. The Morgan fingerprint density at radius 3 is 1.62 bits per heavy atom. The van der Waals surface area contributed by atoms with Crippen LogP contribution in [0, 0.1) is 0 Å². The van der Waals surface area contributed by atoms with Crippen molar-refractivity contribution in [1.82, 2.24) is 10.9 Å². The van der Waals surface area contributed by atoms with Crippen molar-refractivity contribution in [3.8, 4) is 0 Å². The van der Waals surface area contributed by atoms with Gasteiger partial charge in [0, 0.05) is 13.1 Å². The average molecular weight is 161 g/mol. The van der Waals surface area contributed by atoms with Gasteiger partial charge in [0.1, 0.15) is 0 Å². The summed E-state index contributed by atoms with van der Waals surface area (Å²) >= 11 is 0. The molecule has 0 aromatic carbocycles. The van der Waals surface area contributed by atoms with E-state index >= 15 is 0 Å². The van der Waals surface area contributed by atoms with E-state index in [0.29, 0.717) is 13.1 Å². The van der Waals surface area contributed by atoms with Gasteiger partial charge in [0.2, 0.25) is 0 Å². The largest absolute Gasteiger partial charge is 0.390 e. The molecule has 1 aliphatic rings. The van der Waals surface area contributed by atoms with Crippen LogP contribution < -0.4 is 10.9 Å². The van der Waals surface area contributed by atoms with Crippen molar-refractivity contribution in [3.05, 3.63) is 0 Å². The van der Waals surface area contributed by atoms with Crippen molar-refractivity contribution < 1.29 is 5.11 Å². The van der Waals surface area contributed by atoms with E-state index in [1.165, 1.54) is 0 Å². The number of aliphatic hydroxyl groups is 1. The third-order valence-corrected chi connectivity index (χ3v) is 0.800. The van der Waals surface area contributed by atoms with Gasteiger partial charge >= 0.3 is 0 Å². The predicted molar refractivity (Wildman–Crippen MR) is 36.5 cm³/mol. The number of halogens is 2. The van der Waals surface area contributed by atoms with Crippen LogP contribution in [0.2, 0.25) is 0 Å². The summed E-state index contributed by atoms with van der Waals surface area (Å²) in [6.07, 6.45) is -0.176. The minimum absolute atomic E-state index is 0. The second kappa shape index (κ2) is 5.59. The van der Waals surface area contributed by atoms with Crippen LogP contribution in [0.4, 0.5) is 0 Å². The molecule has 0 saturated carbocycles. The van der Waals surface area contributed by atoms with Gasteiger partial charge in [0.25, 0.3) is 0 Å². The van der Waals surface area contributed by atoms with Gasteiger partial charge in [0.15, 0.2) is 0 Å². The maximum absolute atomic E-state index is 8.60. The van der Waals surface area contributed by atoms with Crippen molar-refractivity contribution in [3.63, 3.8) is 0 Å². The quantitative estimate of drug-likeness (QED) is 0.440. The molecular formula is C3H10Cl2N2O. The summed E-state index contributed by atoms with van der Waals surface area (Å²) in [7, 11) is 0. The highest BCUT2D eigenvalue weighted by molar-refractivity contribution is 5.85. The summed E-state index contributed by atoms with van der Waals surface area (Å²) in [5.41, 5.74) is 5.54. The lowest BCUT2D eigenvalue weighted by Crippen LogP contribution is -2.21. The Morgan fingerprint density at radius 2 is 1.50 bits per heavy atom. The molecule has 0 aromatic heterocycles. The summed E-state index contributed by atoms with van der Waals surface area (Å²) in [6.45, 7) is 1.36. The van der Waals surface area contributed by atoms with Crippen LogP contribution in [0.5, 0.6) is 0 Å². The summed E-state index contributed by atoms with van der Waals surface area (Å²) < 4.78 is 0. The van der Waals surface area contributed by atoms with E-state index in [9.17, 15) is 0 Å². The van der Waals surface area contributed by atoms with Gasteiger partial charge in [0.05, 0.1) is 6.10 Å². The smallest absolute Gasteiger partial charge is 0.0816 e. The maximum Gasteiger partial charge on any atom is 0.0816 e. The molecule has 1 fully saturated rings. The van der Waals surface area contributed by atoms with Gasteiger partial charge < -0.3 is 5.11 Å². The van der Waals surface area contributed by atoms with E-state index in [1.807, 2.05) is 0 Å². The highest BCUT2D eigenvalue weighted by Crippen LogP contribution is 1.79. The minimum Gasteiger partial charge on any atom is -0.390 e. The van der Waals surface area contributed by atoms with Crippen LogP contribution in [-0.4, -0.2) is 24.3 Å². The molecule has 8 heavy (non-hydrogen) atoms. The zero-order valence-electron chi connectivity index (χ0n) is 4.26. The Morgan fingerprint density at radius 1 is 1.12 bits per heavy atom. The van der Waals surface area contributed by atoms with Gasteiger partial charge in [-0.15, -0.1) is 24.8 Å². The molecule has 3 nitrogen and oxygen atoms in total. The molecule has 52 valence electrons. The highest BCUT2D eigenvalue weighted by Gasteiger charge is 2.07. The van der Waals surface area contributed by atoms with Gasteiger partial charge in [-0.3, -0.25) is 10.9 Å². The molecule has 0 spiro atoms. The van der Waals surface area contributed by atoms with Crippen LogP contribution in [0.25, 0.3) is 0 Å². The standard InChI is InChI=1S/C3H8N2O.2ClH/c6-3-1-4-5-2-3;;/h3-6H,1-2H2;2*1H. The Bertz CT molecular complexity index is 48.5. The number of β-amino-alcohol motifs (C(OH)–C–C–N with tert-alkyl or cyclic N) is 1. The monoisotopic (exact) mass is 160 g/mol. The first-order valence-electron chi connectivity index (χ1n) is 2.03. The topological polar surface area (TPSA) is 44.3 Å². The van der Waals surface area contributed by atoms with Crippen LogP contribution in [0.15, 0.2) is 0 Å². The fourth-order valence-electron chi connectivity index (χ4n) is 0.452. The molecule has 0 aromatic rings. The van der Waals surface area contributed by atoms with Crippen LogP contribution >= 0.6 is 24.8 Å². The molecule has 0 atom stereocenters. The van der Waals surface area contributed by atoms with Gasteiger partial charge in [-0.25, -0.2) is 0 Å². The number of aliphatic hydroxyl groups excluding tert-OH is 1. The van der Waals surface area contributed by atoms with Crippen LogP contribution in [0.1, 0.15) is 0 Å². The lowest BCUT2D eigenvalue weighted by molar-refractivity contribution is 0.207. The van der Waals surface area contributed by atoms with E-state index in [4.69, 9.17) is 5.11 Å². The molecule has 0 radical (unpaired) electrons. The zero-order chi connectivity index (χ0) is 4.41. The number of hydrogen-bond donors (Lipinski definition) is 3. The number of rotatable bonds is 0. The zero-order valence-corrected chi connectivity index (χ0v) is 5.89. The first-order chi connectivity index (χ1) is 2.89. The number of hydrogen-bond acceptors (Lipinski definition) is 3. The fourth-order valence-corrected chi connectivity index (χ4v) is 0.452. The van der Waals surface area contributed by atoms with E-state index in [1.54, 1.807) is 0 Å². The molecule has 5 heteroatoms. The van der Waals surface area contributed by atoms with Crippen molar-refractivity contribution in [2.75, 3.05) is 13.1 Å². The molecular weight excluding hydrogens is 151 g/mol. The number of hydrazine groups is 1. The van der Waals surface area contributed by atoms with E-state index in [0.717, 1.165) is 0 Å². The Balaban J connectivity index is 0. The van der Waals surface area contributed by atoms with Crippen molar-refractivity contribution in [2.45, 2.75) is 6.10 Å². The molecule has 3 N–H and O–H groups in total. The highest BCUT2D eigenvalue weighted by atomic mass is 35.5. The first-order valence-corrected chi connectivity index (χ1v) is 2.03. The van der Waals surface area contributed by atoms with Crippen LogP contribution in [0.3, 0.4) is 0 Å². The maximum atomic E-state index is 8.60. The predicted octanol–water partition coefficient (Wildman–Crippen LogP) is -0.701. The molecule has 1 saturated heterocycles. The van der Waals surface area contributed by atoms with Crippen molar-refractivity contribution >= 4 is 24.8 Å². The van der Waals surface area contributed by atoms with Gasteiger partial charge in [-0.1, -0.05) is 0 Å². The van der Waals surface area contributed by atoms with Crippen LogP contribution in [-0.2, 0) is 0 Å². The lowest BCUT2D eigenvalue weighted by Gasteiger charge is -1.88. The summed E-state index contributed by atoms with van der Waals surface area (Å²) in [6, 6.07) is 0. The molecule has 0 aliphatic carbocycles. The second-order valence-electron chi connectivity index (χ2n) is 1.42. The van der Waals surface area contributed by atoms with E-state index in [-0.39, 0.29) is 30.9 Å². The average Bonchev–Trinajstić information content (AvgIpc) is 1.86. The third-order valence-electron chi connectivity index (χ3n) is 0.800. The van der Waals surface area contributed by atoms with E-state index in [2.05, 4.69) is 10.9 Å². The Labute approximate surface area is 60.6 Å². The first kappa shape index (κ1) is 11.3. The molecule has 0 bridgehead atoms. The summed E-state index contributed by atoms with van der Waals surface area (Å²) in [5.74, 6) is 0. The molecule has 1 rings (SSSR count). The van der Waals surface area contributed by atoms with Gasteiger partial charge in [-0.2, -0.15) is 0 Å². The SMILES string of the molecule is Cl.Cl.OC1CNNC1. The fraction of sp³-hybridized carbons (Fsp3) is 1.00. The molecule has 1 aliphatic heterocycles. The van der Waals surface area contributed by atoms with Crippen molar-refractivity contribution in [2.24, 2.45) is 0 Å². The van der Waals surface area contributed by atoms with Crippen molar-refractivity contribution in [1.29, 1.82) is 0 Å². The Kier molecular flexibility index (Phi) is 7.89.